The van der Waals surface area contributed by atoms with Gasteiger partial charge in [0.15, 0.2) is 5.75 Å². The van der Waals surface area contributed by atoms with Crippen LogP contribution < -0.4 is 16.3 Å². The van der Waals surface area contributed by atoms with Gasteiger partial charge in [0.05, 0.1) is 6.10 Å². The van der Waals surface area contributed by atoms with E-state index in [1.54, 1.807) is 0 Å². The van der Waals surface area contributed by atoms with Crippen LogP contribution in [-0.2, 0) is 4.74 Å². The summed E-state index contributed by atoms with van der Waals surface area (Å²) in [6.45, 7) is 0.828. The molecule has 4 heteroatoms. The smallest absolute Gasteiger partial charge is 0.154 e. The Morgan fingerprint density at radius 2 is 2.20 bits per heavy atom. The molecule has 15 heavy (non-hydrogen) atoms. The number of para-hydroxylation sites is 1. The highest BCUT2D eigenvalue weighted by Gasteiger charge is 2.19. The zero-order valence-electron chi connectivity index (χ0n) is 8.61. The number of hydrazine groups is 1. The number of ether oxygens (including phenoxy) is 1. The van der Waals surface area contributed by atoms with Crippen molar-refractivity contribution in [1.29, 1.82) is 0 Å². The van der Waals surface area contributed by atoms with Gasteiger partial charge in [-0.3, -0.25) is 0 Å². The molecular formula is C11H16N2O2. The standard InChI is InChI=1S/C11H16N2O2/c12-13-15-11-7-2-1-5-9(11)10-6-3-4-8-14-10/h1-2,5,7,10,13H,3-4,6,8,12H2. The lowest BCUT2D eigenvalue weighted by Crippen LogP contribution is -2.27. The number of nitrogens with two attached hydrogens (primary N) is 1. The van der Waals surface area contributed by atoms with Crippen LogP contribution in [0.4, 0.5) is 0 Å². The minimum Gasteiger partial charge on any atom is -0.394 e. The molecule has 1 saturated heterocycles. The van der Waals surface area contributed by atoms with E-state index in [-0.39, 0.29) is 6.10 Å². The highest BCUT2D eigenvalue weighted by Crippen LogP contribution is 2.33. The van der Waals surface area contributed by atoms with E-state index in [1.807, 2.05) is 24.3 Å². The molecule has 1 fully saturated rings. The number of hydrogen-bond acceptors (Lipinski definition) is 4. The molecule has 1 unspecified atom stereocenters. The summed E-state index contributed by atoms with van der Waals surface area (Å²) in [6, 6.07) is 7.80. The van der Waals surface area contributed by atoms with Crippen LogP contribution in [-0.4, -0.2) is 6.61 Å². The van der Waals surface area contributed by atoms with Crippen molar-refractivity contribution < 1.29 is 9.57 Å². The van der Waals surface area contributed by atoms with E-state index in [0.717, 1.165) is 30.8 Å². The molecule has 82 valence electrons. The van der Waals surface area contributed by atoms with Crippen molar-refractivity contribution in [3.05, 3.63) is 29.8 Å². The Bertz CT molecular complexity index is 311. The summed E-state index contributed by atoms with van der Waals surface area (Å²) in [5, 5.41) is 0. The van der Waals surface area contributed by atoms with E-state index < -0.39 is 0 Å². The van der Waals surface area contributed by atoms with Gasteiger partial charge in [0, 0.05) is 12.2 Å². The largest absolute Gasteiger partial charge is 0.394 e. The van der Waals surface area contributed by atoms with Gasteiger partial charge >= 0.3 is 0 Å². The first-order chi connectivity index (χ1) is 7.42. The maximum atomic E-state index is 5.70. The number of benzene rings is 1. The fourth-order valence-electron chi connectivity index (χ4n) is 1.89. The Labute approximate surface area is 89.3 Å². The summed E-state index contributed by atoms with van der Waals surface area (Å²) in [5.41, 5.74) is 3.27. The minimum atomic E-state index is 0.142. The molecule has 0 bridgehead atoms. The molecule has 0 amide bonds. The molecule has 0 radical (unpaired) electrons. The molecule has 2 rings (SSSR count). The van der Waals surface area contributed by atoms with E-state index in [9.17, 15) is 0 Å². The van der Waals surface area contributed by atoms with Crippen LogP contribution in [0.5, 0.6) is 5.75 Å². The third-order valence-electron chi connectivity index (χ3n) is 2.61. The number of hydrogen-bond donors (Lipinski definition) is 2. The van der Waals surface area contributed by atoms with Gasteiger partial charge in [0.25, 0.3) is 0 Å². The molecule has 1 aromatic rings. The second-order valence-electron chi connectivity index (χ2n) is 3.61. The monoisotopic (exact) mass is 208 g/mol. The van der Waals surface area contributed by atoms with E-state index in [4.69, 9.17) is 15.4 Å². The van der Waals surface area contributed by atoms with Gasteiger partial charge in [-0.1, -0.05) is 23.8 Å². The van der Waals surface area contributed by atoms with Crippen LogP contribution in [0, 0.1) is 0 Å². The van der Waals surface area contributed by atoms with E-state index in [2.05, 4.69) is 5.59 Å². The zero-order chi connectivity index (χ0) is 10.5. The lowest BCUT2D eigenvalue weighted by atomic mass is 10.0. The summed E-state index contributed by atoms with van der Waals surface area (Å²) >= 11 is 0. The van der Waals surface area contributed by atoms with Crippen LogP contribution in [0.25, 0.3) is 0 Å². The minimum absolute atomic E-state index is 0.142. The number of nitrogens with one attached hydrogen (secondary N) is 1. The Morgan fingerprint density at radius 3 is 2.93 bits per heavy atom. The molecule has 1 aromatic carbocycles. The number of rotatable bonds is 3. The third-order valence-corrected chi connectivity index (χ3v) is 2.61. The molecule has 0 saturated carbocycles. The predicted molar refractivity (Wildman–Crippen MR) is 56.9 cm³/mol. The quantitative estimate of drug-likeness (QED) is 0.586. The maximum Gasteiger partial charge on any atom is 0.154 e. The Balaban J connectivity index is 2.17. The predicted octanol–water partition coefficient (Wildman–Crippen LogP) is 1.69. The Hall–Kier alpha value is -1.10. The van der Waals surface area contributed by atoms with Crippen molar-refractivity contribution in [1.82, 2.24) is 5.59 Å². The van der Waals surface area contributed by atoms with Gasteiger partial charge in [-0.05, 0) is 25.3 Å². The van der Waals surface area contributed by atoms with Crippen molar-refractivity contribution in [2.45, 2.75) is 25.4 Å². The van der Waals surface area contributed by atoms with Crippen LogP contribution in [0.3, 0.4) is 0 Å². The average molecular weight is 208 g/mol. The third kappa shape index (κ3) is 2.47. The fourth-order valence-corrected chi connectivity index (χ4v) is 1.89. The molecule has 0 aliphatic carbocycles. The molecule has 0 aromatic heterocycles. The topological polar surface area (TPSA) is 56.5 Å². The normalized spacial score (nSPS) is 21.3. The molecule has 1 aliphatic rings. The van der Waals surface area contributed by atoms with Gasteiger partial charge in [-0.2, -0.15) is 0 Å². The van der Waals surface area contributed by atoms with Crippen LogP contribution in [0.1, 0.15) is 30.9 Å². The lowest BCUT2D eigenvalue weighted by molar-refractivity contribution is 0.0122. The Kier molecular flexibility index (Phi) is 3.55. The SMILES string of the molecule is NNOc1ccccc1C1CCCCO1. The summed E-state index contributed by atoms with van der Waals surface area (Å²) in [6.07, 6.45) is 3.54. The average Bonchev–Trinajstić information content (AvgIpc) is 2.31. The van der Waals surface area contributed by atoms with Crippen molar-refractivity contribution in [3.63, 3.8) is 0 Å². The summed E-state index contributed by atoms with van der Waals surface area (Å²) in [5.74, 6) is 5.89. The van der Waals surface area contributed by atoms with Gasteiger partial charge in [0.1, 0.15) is 0 Å². The lowest BCUT2D eigenvalue weighted by Gasteiger charge is -2.24. The maximum absolute atomic E-state index is 5.70. The molecule has 0 spiro atoms. The van der Waals surface area contributed by atoms with Gasteiger partial charge in [0.2, 0.25) is 0 Å². The highest BCUT2D eigenvalue weighted by atomic mass is 16.7. The zero-order valence-corrected chi connectivity index (χ0v) is 8.61. The Morgan fingerprint density at radius 1 is 1.33 bits per heavy atom. The summed E-state index contributed by atoms with van der Waals surface area (Å²) < 4.78 is 5.70. The summed E-state index contributed by atoms with van der Waals surface area (Å²) in [7, 11) is 0. The van der Waals surface area contributed by atoms with Crippen molar-refractivity contribution in [3.8, 4) is 5.75 Å². The van der Waals surface area contributed by atoms with E-state index in [0.29, 0.717) is 0 Å². The molecule has 1 aliphatic heterocycles. The van der Waals surface area contributed by atoms with Crippen LogP contribution in [0.15, 0.2) is 24.3 Å². The van der Waals surface area contributed by atoms with Gasteiger partial charge in [-0.15, -0.1) is 0 Å². The van der Waals surface area contributed by atoms with Crippen molar-refractivity contribution >= 4 is 0 Å². The van der Waals surface area contributed by atoms with Gasteiger partial charge in [-0.25, -0.2) is 5.84 Å². The fraction of sp³-hybridized carbons (Fsp3) is 0.455. The highest BCUT2D eigenvalue weighted by molar-refractivity contribution is 5.35. The summed E-state index contributed by atoms with van der Waals surface area (Å²) in [4.78, 5) is 5.14. The first kappa shape index (κ1) is 10.4. The molecule has 4 nitrogen and oxygen atoms in total. The van der Waals surface area contributed by atoms with Crippen LogP contribution >= 0.6 is 0 Å². The molecule has 1 atom stereocenters. The van der Waals surface area contributed by atoms with Gasteiger partial charge < -0.3 is 9.57 Å². The first-order valence-electron chi connectivity index (χ1n) is 5.25. The van der Waals surface area contributed by atoms with Crippen molar-refractivity contribution in [2.24, 2.45) is 5.84 Å². The van der Waals surface area contributed by atoms with E-state index >= 15 is 0 Å². The van der Waals surface area contributed by atoms with Crippen LogP contribution in [0.2, 0.25) is 0 Å². The second-order valence-corrected chi connectivity index (χ2v) is 3.61. The van der Waals surface area contributed by atoms with Crippen molar-refractivity contribution in [2.75, 3.05) is 6.61 Å². The van der Waals surface area contributed by atoms with E-state index in [1.165, 1.54) is 6.42 Å². The first-order valence-corrected chi connectivity index (χ1v) is 5.25. The molecule has 1 heterocycles. The molecular weight excluding hydrogens is 192 g/mol. The molecule has 3 N–H and O–H groups in total. The second kappa shape index (κ2) is 5.11.